The summed E-state index contributed by atoms with van der Waals surface area (Å²) >= 11 is 0. The molecule has 0 bridgehead atoms. The molecule has 4 heteroatoms. The monoisotopic (exact) mass is 179 g/mol. The van der Waals surface area contributed by atoms with Gasteiger partial charge in [0.25, 0.3) is 0 Å². The van der Waals surface area contributed by atoms with Crippen molar-refractivity contribution < 1.29 is 8.78 Å². The smallest absolute Gasteiger partial charge is 0.126 e. The number of H-pyrrole nitrogens is 1. The van der Waals surface area contributed by atoms with Crippen molar-refractivity contribution in [2.24, 2.45) is 0 Å². The minimum atomic E-state index is -0.607. The molecule has 0 aliphatic carbocycles. The average molecular weight is 179 g/mol. The van der Waals surface area contributed by atoms with E-state index in [4.69, 9.17) is 0 Å². The highest BCUT2D eigenvalue weighted by Crippen LogP contribution is 2.18. The van der Waals surface area contributed by atoms with E-state index in [0.29, 0.717) is 11.3 Å². The van der Waals surface area contributed by atoms with E-state index in [1.807, 2.05) is 0 Å². The predicted molar refractivity (Wildman–Crippen MR) is 42.8 cm³/mol. The number of nitrogens with one attached hydrogen (secondary N) is 1. The quantitative estimate of drug-likeness (QED) is 0.713. The zero-order valence-corrected chi connectivity index (χ0v) is 6.51. The van der Waals surface area contributed by atoms with Crippen molar-refractivity contribution in [1.29, 1.82) is 0 Å². The van der Waals surface area contributed by atoms with Gasteiger partial charge in [-0.3, -0.25) is 5.10 Å². The van der Waals surface area contributed by atoms with E-state index in [1.54, 1.807) is 0 Å². The van der Waals surface area contributed by atoms with Crippen LogP contribution in [0, 0.1) is 17.8 Å². The van der Waals surface area contributed by atoms with Crippen LogP contribution in [0.5, 0.6) is 0 Å². The Bertz CT molecular complexity index is 389. The van der Waals surface area contributed by atoms with Crippen LogP contribution in [-0.2, 0) is 0 Å². The van der Waals surface area contributed by atoms with Gasteiger partial charge in [-0.25, -0.2) is 8.78 Å². The summed E-state index contributed by atoms with van der Waals surface area (Å²) in [7, 11) is 0. The van der Waals surface area contributed by atoms with Gasteiger partial charge in [-0.05, 0) is 18.2 Å². The molecule has 0 fully saturated rings. The second kappa shape index (κ2) is 2.97. The average Bonchev–Trinajstić information content (AvgIpc) is 2.53. The minimum absolute atomic E-state index is 0.422. The first kappa shape index (κ1) is 7.91. The SMILES string of the molecule is Fc1cc(F)cc(-c2c[c]n[nH]2)c1. The van der Waals surface area contributed by atoms with Crippen LogP contribution in [0.4, 0.5) is 8.78 Å². The summed E-state index contributed by atoms with van der Waals surface area (Å²) in [6.45, 7) is 0. The first-order chi connectivity index (χ1) is 6.25. The summed E-state index contributed by atoms with van der Waals surface area (Å²) in [5.74, 6) is -1.21. The van der Waals surface area contributed by atoms with E-state index in [0.717, 1.165) is 6.07 Å². The highest BCUT2D eigenvalue weighted by Gasteiger charge is 2.03. The highest BCUT2D eigenvalue weighted by atomic mass is 19.1. The molecular formula is C9H5F2N2. The van der Waals surface area contributed by atoms with Gasteiger partial charge in [-0.15, -0.1) is 0 Å². The van der Waals surface area contributed by atoms with Gasteiger partial charge in [0.1, 0.15) is 17.8 Å². The van der Waals surface area contributed by atoms with Gasteiger partial charge < -0.3 is 0 Å². The van der Waals surface area contributed by atoms with Crippen LogP contribution in [-0.4, -0.2) is 10.2 Å². The fraction of sp³-hybridized carbons (Fsp3) is 0. The number of aromatic amines is 1. The topological polar surface area (TPSA) is 28.7 Å². The molecule has 0 saturated heterocycles. The van der Waals surface area contributed by atoms with Gasteiger partial charge in [-0.2, -0.15) is 5.10 Å². The molecule has 0 spiro atoms. The van der Waals surface area contributed by atoms with Crippen molar-refractivity contribution >= 4 is 0 Å². The second-order valence-corrected chi connectivity index (χ2v) is 2.57. The molecule has 2 rings (SSSR count). The fourth-order valence-corrected chi connectivity index (χ4v) is 1.08. The molecule has 13 heavy (non-hydrogen) atoms. The molecule has 1 heterocycles. The molecule has 0 aliphatic heterocycles. The van der Waals surface area contributed by atoms with Gasteiger partial charge in [0.05, 0.1) is 5.69 Å². The van der Waals surface area contributed by atoms with Crippen molar-refractivity contribution in [2.45, 2.75) is 0 Å². The van der Waals surface area contributed by atoms with Crippen molar-refractivity contribution in [3.05, 3.63) is 42.1 Å². The third-order valence-electron chi connectivity index (χ3n) is 1.62. The Morgan fingerprint density at radius 1 is 1.15 bits per heavy atom. The summed E-state index contributed by atoms with van der Waals surface area (Å²) in [5, 5.41) is 6.13. The van der Waals surface area contributed by atoms with E-state index < -0.39 is 11.6 Å². The normalized spacial score (nSPS) is 10.3. The van der Waals surface area contributed by atoms with Crippen LogP contribution in [0.2, 0.25) is 0 Å². The van der Waals surface area contributed by atoms with Crippen molar-refractivity contribution in [3.8, 4) is 11.3 Å². The molecule has 65 valence electrons. The van der Waals surface area contributed by atoms with Gasteiger partial charge in [0, 0.05) is 11.6 Å². The Labute approximate surface area is 73.2 Å². The third-order valence-corrected chi connectivity index (χ3v) is 1.62. The van der Waals surface area contributed by atoms with Crippen molar-refractivity contribution in [2.75, 3.05) is 0 Å². The van der Waals surface area contributed by atoms with E-state index >= 15 is 0 Å². The molecule has 0 unspecified atom stereocenters. The summed E-state index contributed by atoms with van der Waals surface area (Å²) in [6, 6.07) is 4.80. The Morgan fingerprint density at radius 3 is 2.38 bits per heavy atom. The second-order valence-electron chi connectivity index (χ2n) is 2.57. The molecule has 2 aromatic rings. The van der Waals surface area contributed by atoms with Crippen LogP contribution >= 0.6 is 0 Å². The largest absolute Gasteiger partial charge is 0.277 e. The maximum atomic E-state index is 12.7. The molecule has 0 aliphatic rings. The number of halogens is 2. The standard InChI is InChI=1S/C9H5F2N2/c10-7-3-6(4-8(11)5-7)9-1-2-12-13-9/h1,3-5H,(H,12,13). The van der Waals surface area contributed by atoms with E-state index in [1.165, 1.54) is 18.2 Å². The number of hydrogen-bond acceptors (Lipinski definition) is 1. The number of rotatable bonds is 1. The Morgan fingerprint density at radius 2 is 1.85 bits per heavy atom. The Balaban J connectivity index is 2.53. The lowest BCUT2D eigenvalue weighted by molar-refractivity contribution is 0.584. The maximum Gasteiger partial charge on any atom is 0.126 e. The Hall–Kier alpha value is -1.71. The first-order valence-electron chi connectivity index (χ1n) is 3.63. The predicted octanol–water partition coefficient (Wildman–Crippen LogP) is 2.16. The molecule has 1 N–H and O–H groups in total. The van der Waals surface area contributed by atoms with Crippen LogP contribution in [0.15, 0.2) is 24.3 Å². The van der Waals surface area contributed by atoms with Crippen molar-refractivity contribution in [1.82, 2.24) is 10.2 Å². The van der Waals surface area contributed by atoms with Crippen molar-refractivity contribution in [3.63, 3.8) is 0 Å². The van der Waals surface area contributed by atoms with Gasteiger partial charge in [-0.1, -0.05) is 0 Å². The maximum absolute atomic E-state index is 12.7. The highest BCUT2D eigenvalue weighted by molar-refractivity contribution is 5.58. The molecule has 2 nitrogen and oxygen atoms in total. The van der Waals surface area contributed by atoms with Crippen LogP contribution in [0.3, 0.4) is 0 Å². The molecule has 1 aromatic carbocycles. The fourth-order valence-electron chi connectivity index (χ4n) is 1.08. The third kappa shape index (κ3) is 1.56. The van der Waals surface area contributed by atoms with Crippen LogP contribution in [0.25, 0.3) is 11.3 Å². The lowest BCUT2D eigenvalue weighted by Gasteiger charge is -1.97. The summed E-state index contributed by atoms with van der Waals surface area (Å²) in [5.41, 5.74) is 0.963. The van der Waals surface area contributed by atoms with E-state index in [9.17, 15) is 8.78 Å². The number of aromatic nitrogens is 2. The molecule has 1 aromatic heterocycles. The summed E-state index contributed by atoms with van der Waals surface area (Å²) in [6.07, 6.45) is 2.52. The van der Waals surface area contributed by atoms with E-state index in [-0.39, 0.29) is 0 Å². The van der Waals surface area contributed by atoms with Gasteiger partial charge in [0.15, 0.2) is 0 Å². The summed E-state index contributed by atoms with van der Waals surface area (Å²) in [4.78, 5) is 0. The Kier molecular flexibility index (Phi) is 1.81. The number of benzene rings is 1. The number of hydrogen-bond donors (Lipinski definition) is 1. The van der Waals surface area contributed by atoms with Crippen LogP contribution in [0.1, 0.15) is 0 Å². The lowest BCUT2D eigenvalue weighted by Crippen LogP contribution is -1.84. The van der Waals surface area contributed by atoms with E-state index in [2.05, 4.69) is 16.4 Å². The summed E-state index contributed by atoms with van der Waals surface area (Å²) < 4.78 is 25.5. The molecule has 0 atom stereocenters. The number of nitrogens with zero attached hydrogens (tertiary/aromatic N) is 1. The molecular weight excluding hydrogens is 174 g/mol. The molecule has 0 amide bonds. The van der Waals surface area contributed by atoms with Gasteiger partial charge >= 0.3 is 0 Å². The lowest BCUT2D eigenvalue weighted by atomic mass is 10.1. The van der Waals surface area contributed by atoms with Gasteiger partial charge in [0.2, 0.25) is 0 Å². The van der Waals surface area contributed by atoms with Crippen LogP contribution < -0.4 is 0 Å². The minimum Gasteiger partial charge on any atom is -0.277 e. The first-order valence-corrected chi connectivity index (χ1v) is 3.63. The zero-order valence-electron chi connectivity index (χ0n) is 6.51. The zero-order chi connectivity index (χ0) is 9.26. The molecule has 0 saturated carbocycles. The molecule has 1 radical (unpaired) electrons.